The smallest absolute Gasteiger partial charge is 0.333 e. The molecule has 0 spiro atoms. The van der Waals surface area contributed by atoms with Crippen molar-refractivity contribution in [1.82, 2.24) is 0 Å². The second-order valence-electron chi connectivity index (χ2n) is 6.99. The zero-order valence-electron chi connectivity index (χ0n) is 16.7. The highest BCUT2D eigenvalue weighted by Crippen LogP contribution is 2.22. The molecule has 0 radical (unpaired) electrons. The van der Waals surface area contributed by atoms with Gasteiger partial charge in [0.15, 0.2) is 12.3 Å². The van der Waals surface area contributed by atoms with Crippen LogP contribution in [0.2, 0.25) is 5.02 Å². The molecule has 0 saturated heterocycles. The van der Waals surface area contributed by atoms with Crippen LogP contribution >= 0.6 is 11.6 Å². The van der Waals surface area contributed by atoms with Gasteiger partial charge >= 0.3 is 5.97 Å². The molecular formula is C22H26ClFO5. The summed E-state index contributed by atoms with van der Waals surface area (Å²) in [6.45, 7) is 5.07. The van der Waals surface area contributed by atoms with E-state index in [0.29, 0.717) is 16.5 Å². The number of carbonyl (C=O) groups is 1. The number of hydrogen-bond donors (Lipinski definition) is 1. The number of carboxylic acid groups (broad SMARTS) is 1. The summed E-state index contributed by atoms with van der Waals surface area (Å²) < 4.78 is 30.6. The van der Waals surface area contributed by atoms with E-state index in [4.69, 9.17) is 25.8 Å². The van der Waals surface area contributed by atoms with Gasteiger partial charge in [-0.3, -0.25) is 0 Å². The lowest BCUT2D eigenvalue weighted by Crippen LogP contribution is -2.29. The number of hydrogen-bond acceptors (Lipinski definition) is 4. The molecule has 2 aromatic rings. The predicted octanol–water partition coefficient (Wildman–Crippen LogP) is 4.87. The molecule has 0 amide bonds. The third-order valence-electron chi connectivity index (χ3n) is 4.02. The van der Waals surface area contributed by atoms with Gasteiger partial charge in [0.25, 0.3) is 0 Å². The number of aryl methyl sites for hydroxylation is 1. The third-order valence-corrected chi connectivity index (χ3v) is 4.25. The number of halogens is 2. The van der Waals surface area contributed by atoms with Gasteiger partial charge in [-0.2, -0.15) is 0 Å². The van der Waals surface area contributed by atoms with E-state index < -0.39 is 18.2 Å². The maximum atomic E-state index is 14.2. The Bertz CT molecular complexity index is 812. The topological polar surface area (TPSA) is 65.0 Å². The van der Waals surface area contributed by atoms with Crippen LogP contribution in [-0.2, 0) is 16.0 Å². The van der Waals surface area contributed by atoms with Crippen LogP contribution in [0.15, 0.2) is 42.5 Å². The van der Waals surface area contributed by atoms with Gasteiger partial charge in [-0.15, -0.1) is 0 Å². The molecule has 0 saturated carbocycles. The second kappa shape index (κ2) is 11.0. The molecule has 1 N–H and O–H groups in total. The van der Waals surface area contributed by atoms with E-state index in [-0.39, 0.29) is 25.7 Å². The number of rotatable bonds is 11. The predicted molar refractivity (Wildman–Crippen MR) is 110 cm³/mol. The minimum absolute atomic E-state index is 0.147. The van der Waals surface area contributed by atoms with Crippen LogP contribution in [0, 0.1) is 6.92 Å². The van der Waals surface area contributed by atoms with Crippen LogP contribution in [0.1, 0.15) is 25.0 Å². The first kappa shape index (κ1) is 23.0. The lowest BCUT2D eigenvalue weighted by Gasteiger charge is -2.17. The zero-order chi connectivity index (χ0) is 21.4. The van der Waals surface area contributed by atoms with Crippen molar-refractivity contribution in [3.63, 3.8) is 0 Å². The molecular weight excluding hydrogens is 399 g/mol. The SMILES string of the molecule is Cc1cc(Cl)ccc1OC[C@H](F)COc1cccc(C[C@H](OC(C)C)C(=O)O)c1. The summed E-state index contributed by atoms with van der Waals surface area (Å²) in [5.41, 5.74) is 1.56. The van der Waals surface area contributed by atoms with Crippen molar-refractivity contribution in [1.29, 1.82) is 0 Å². The van der Waals surface area contributed by atoms with E-state index in [2.05, 4.69) is 0 Å². The van der Waals surface area contributed by atoms with E-state index in [9.17, 15) is 14.3 Å². The molecule has 0 unspecified atom stereocenters. The minimum Gasteiger partial charge on any atom is -0.490 e. The summed E-state index contributed by atoms with van der Waals surface area (Å²) >= 11 is 5.89. The average Bonchev–Trinajstić information content (AvgIpc) is 2.65. The average molecular weight is 425 g/mol. The fourth-order valence-electron chi connectivity index (χ4n) is 2.69. The third kappa shape index (κ3) is 7.91. The summed E-state index contributed by atoms with van der Waals surface area (Å²) in [6.07, 6.45) is -2.28. The Morgan fingerprint density at radius 3 is 2.52 bits per heavy atom. The Morgan fingerprint density at radius 2 is 1.86 bits per heavy atom. The van der Waals surface area contributed by atoms with Crippen molar-refractivity contribution >= 4 is 17.6 Å². The molecule has 0 heterocycles. The minimum atomic E-state index is -1.33. The van der Waals surface area contributed by atoms with Gasteiger partial charge in [0.05, 0.1) is 6.10 Å². The van der Waals surface area contributed by atoms with Crippen LogP contribution in [0.4, 0.5) is 4.39 Å². The molecule has 0 fully saturated rings. The zero-order valence-corrected chi connectivity index (χ0v) is 17.5. The molecule has 0 aliphatic heterocycles. The Hall–Kier alpha value is -2.31. The number of carboxylic acids is 1. The molecule has 7 heteroatoms. The lowest BCUT2D eigenvalue weighted by atomic mass is 10.1. The Balaban J connectivity index is 1.87. The summed E-state index contributed by atoms with van der Waals surface area (Å²) in [5.74, 6) is 0.00825. The van der Waals surface area contributed by atoms with E-state index in [0.717, 1.165) is 11.1 Å². The highest BCUT2D eigenvalue weighted by Gasteiger charge is 2.20. The maximum absolute atomic E-state index is 14.2. The molecule has 0 aromatic heterocycles. The summed E-state index contributed by atoms with van der Waals surface area (Å²) in [6, 6.07) is 12.0. The van der Waals surface area contributed by atoms with E-state index in [1.165, 1.54) is 0 Å². The summed E-state index contributed by atoms with van der Waals surface area (Å²) in [5, 5.41) is 9.89. The summed E-state index contributed by atoms with van der Waals surface area (Å²) in [4.78, 5) is 11.3. The highest BCUT2D eigenvalue weighted by atomic mass is 35.5. The molecule has 5 nitrogen and oxygen atoms in total. The van der Waals surface area contributed by atoms with Crippen molar-refractivity contribution in [3.8, 4) is 11.5 Å². The maximum Gasteiger partial charge on any atom is 0.333 e. The fraction of sp³-hybridized carbons (Fsp3) is 0.409. The number of benzene rings is 2. The van der Waals surface area contributed by atoms with Gasteiger partial charge in [0.1, 0.15) is 24.7 Å². The van der Waals surface area contributed by atoms with Crippen LogP contribution in [0.3, 0.4) is 0 Å². The molecule has 2 rings (SSSR count). The number of alkyl halides is 1. The first-order valence-corrected chi connectivity index (χ1v) is 9.75. The van der Waals surface area contributed by atoms with Crippen LogP contribution in [0.25, 0.3) is 0 Å². The van der Waals surface area contributed by atoms with Gasteiger partial charge in [-0.05, 0) is 62.2 Å². The van der Waals surface area contributed by atoms with Gasteiger partial charge in [0, 0.05) is 11.4 Å². The molecule has 0 bridgehead atoms. The van der Waals surface area contributed by atoms with Crippen LogP contribution in [0.5, 0.6) is 11.5 Å². The lowest BCUT2D eigenvalue weighted by molar-refractivity contribution is -0.153. The number of ether oxygens (including phenoxy) is 3. The molecule has 0 aliphatic rings. The van der Waals surface area contributed by atoms with Gasteiger partial charge < -0.3 is 19.3 Å². The van der Waals surface area contributed by atoms with Gasteiger partial charge in [-0.1, -0.05) is 23.7 Å². The van der Waals surface area contributed by atoms with Crippen LogP contribution in [-0.4, -0.2) is 42.7 Å². The molecule has 29 heavy (non-hydrogen) atoms. The normalized spacial score (nSPS) is 13.2. The molecule has 2 aromatic carbocycles. The Labute approximate surface area is 175 Å². The Morgan fingerprint density at radius 1 is 1.14 bits per heavy atom. The van der Waals surface area contributed by atoms with Crippen molar-refractivity contribution < 1.29 is 28.5 Å². The molecule has 0 aliphatic carbocycles. The van der Waals surface area contributed by atoms with E-state index in [1.54, 1.807) is 56.3 Å². The number of aliphatic carboxylic acids is 1. The summed E-state index contributed by atoms with van der Waals surface area (Å²) in [7, 11) is 0. The van der Waals surface area contributed by atoms with E-state index >= 15 is 0 Å². The van der Waals surface area contributed by atoms with Gasteiger partial charge in [-0.25, -0.2) is 9.18 Å². The van der Waals surface area contributed by atoms with Crippen molar-refractivity contribution in [2.24, 2.45) is 0 Å². The first-order chi connectivity index (χ1) is 13.7. The van der Waals surface area contributed by atoms with Crippen molar-refractivity contribution in [2.45, 2.75) is 45.6 Å². The largest absolute Gasteiger partial charge is 0.490 e. The second-order valence-corrected chi connectivity index (χ2v) is 7.43. The quantitative estimate of drug-likeness (QED) is 0.557. The molecule has 2 atom stereocenters. The molecule has 158 valence electrons. The van der Waals surface area contributed by atoms with Gasteiger partial charge in [0.2, 0.25) is 0 Å². The fourth-order valence-corrected chi connectivity index (χ4v) is 2.91. The van der Waals surface area contributed by atoms with Crippen molar-refractivity contribution in [3.05, 3.63) is 58.6 Å². The standard InChI is InChI=1S/C22H26ClFO5/c1-14(2)29-21(22(25)26)11-16-5-4-6-19(10-16)27-12-18(24)13-28-20-8-7-17(23)9-15(20)3/h4-10,14,18,21H,11-13H2,1-3H3,(H,25,26)/t18-,21+/m1/s1. The highest BCUT2D eigenvalue weighted by molar-refractivity contribution is 6.30. The monoisotopic (exact) mass is 424 g/mol. The van der Waals surface area contributed by atoms with Crippen molar-refractivity contribution in [2.75, 3.05) is 13.2 Å². The first-order valence-electron chi connectivity index (χ1n) is 9.37. The van der Waals surface area contributed by atoms with Crippen LogP contribution < -0.4 is 9.47 Å². The Kier molecular flexibility index (Phi) is 8.73. The van der Waals surface area contributed by atoms with E-state index in [1.807, 2.05) is 6.92 Å².